The van der Waals surface area contributed by atoms with E-state index in [2.05, 4.69) is 11.6 Å². The SMILES string of the molecule is Fc1c(Cl)c(Cl)c(F)c2c1C(F)(F)C(F)(F)C2(F)Cl. The average Bonchev–Trinajstić information content (AvgIpc) is 2.39. The first-order valence-corrected chi connectivity index (χ1v) is 5.52. The van der Waals surface area contributed by atoms with Gasteiger partial charge in [0.15, 0.2) is 11.6 Å². The van der Waals surface area contributed by atoms with Gasteiger partial charge in [-0.15, -0.1) is 0 Å². The number of halogens is 10. The Balaban J connectivity index is 3.02. The molecule has 106 valence electrons. The molecule has 0 aliphatic heterocycles. The normalized spacial score (nSPS) is 27.5. The maximum Gasteiger partial charge on any atom is 0.365 e. The van der Waals surface area contributed by atoms with Gasteiger partial charge in [0.25, 0.3) is 5.13 Å². The molecule has 0 nitrogen and oxygen atoms in total. The minimum absolute atomic E-state index is 1.31. The smallest absolute Gasteiger partial charge is 0.214 e. The lowest BCUT2D eigenvalue weighted by molar-refractivity contribution is -0.244. The van der Waals surface area contributed by atoms with Crippen LogP contribution in [0.15, 0.2) is 0 Å². The zero-order valence-corrected chi connectivity index (χ0v) is 10.5. The summed E-state index contributed by atoms with van der Waals surface area (Å²) >= 11 is 14.9. The van der Waals surface area contributed by atoms with Gasteiger partial charge >= 0.3 is 11.8 Å². The van der Waals surface area contributed by atoms with Gasteiger partial charge in [0, 0.05) is 0 Å². The van der Waals surface area contributed by atoms with Crippen LogP contribution < -0.4 is 0 Å². The Hall–Kier alpha value is -0.400. The summed E-state index contributed by atoms with van der Waals surface area (Å²) in [4.78, 5) is 0. The second kappa shape index (κ2) is 3.83. The Morgan fingerprint density at radius 3 is 1.53 bits per heavy atom. The number of alkyl halides is 6. The molecule has 0 bridgehead atoms. The highest BCUT2D eigenvalue weighted by atomic mass is 35.5. The first-order chi connectivity index (χ1) is 8.39. The van der Waals surface area contributed by atoms with Gasteiger partial charge in [-0.1, -0.05) is 34.8 Å². The van der Waals surface area contributed by atoms with Crippen LogP contribution >= 0.6 is 34.8 Å². The Labute approximate surface area is 116 Å². The monoisotopic (exact) mass is 346 g/mol. The second-order valence-electron chi connectivity index (χ2n) is 3.73. The molecule has 10 heteroatoms. The third-order valence-corrected chi connectivity index (χ3v) is 3.92. The molecule has 0 amide bonds. The Bertz CT molecular complexity index is 533. The lowest BCUT2D eigenvalue weighted by Crippen LogP contribution is -2.43. The van der Waals surface area contributed by atoms with Crippen LogP contribution in [0.25, 0.3) is 0 Å². The Morgan fingerprint density at radius 1 is 0.737 bits per heavy atom. The van der Waals surface area contributed by atoms with Crippen molar-refractivity contribution in [2.75, 3.05) is 0 Å². The topological polar surface area (TPSA) is 0 Å². The van der Waals surface area contributed by atoms with E-state index in [1.54, 1.807) is 0 Å². The molecule has 1 aliphatic rings. The van der Waals surface area contributed by atoms with Gasteiger partial charge in [-0.3, -0.25) is 0 Å². The summed E-state index contributed by atoms with van der Waals surface area (Å²) in [5.41, 5.74) is -4.28. The molecule has 1 atom stereocenters. The van der Waals surface area contributed by atoms with Gasteiger partial charge in [0.2, 0.25) is 0 Å². The van der Waals surface area contributed by atoms with Crippen molar-refractivity contribution < 1.29 is 30.7 Å². The molecule has 0 fully saturated rings. The summed E-state index contributed by atoms with van der Waals surface area (Å²) in [5.74, 6) is -15.2. The number of rotatable bonds is 0. The molecule has 2 rings (SSSR count). The van der Waals surface area contributed by atoms with Crippen molar-refractivity contribution in [3.05, 3.63) is 32.8 Å². The zero-order valence-electron chi connectivity index (χ0n) is 8.28. The first kappa shape index (κ1) is 15.0. The summed E-state index contributed by atoms with van der Waals surface area (Å²) in [5, 5.41) is -7.32. The lowest BCUT2D eigenvalue weighted by atomic mass is 10.1. The maximum absolute atomic E-state index is 13.7. The molecule has 0 heterocycles. The van der Waals surface area contributed by atoms with Crippen LogP contribution in [0.4, 0.5) is 30.7 Å². The third-order valence-electron chi connectivity index (χ3n) is 2.68. The average molecular weight is 347 g/mol. The van der Waals surface area contributed by atoms with Crippen LogP contribution in [-0.2, 0) is 11.1 Å². The van der Waals surface area contributed by atoms with Gasteiger partial charge in [0.1, 0.15) is 0 Å². The highest BCUT2D eigenvalue weighted by Gasteiger charge is 2.79. The fourth-order valence-corrected chi connectivity index (χ4v) is 2.38. The number of hydrogen-bond acceptors (Lipinski definition) is 0. The molecule has 1 aromatic rings. The summed E-state index contributed by atoms with van der Waals surface area (Å²) in [6.45, 7) is 0. The van der Waals surface area contributed by atoms with Crippen molar-refractivity contribution in [3.63, 3.8) is 0 Å². The van der Waals surface area contributed by atoms with E-state index in [4.69, 9.17) is 23.2 Å². The van der Waals surface area contributed by atoms with E-state index in [1.165, 1.54) is 0 Å². The molecule has 1 unspecified atom stereocenters. The molecule has 0 saturated carbocycles. The van der Waals surface area contributed by atoms with Gasteiger partial charge in [0.05, 0.1) is 21.2 Å². The fourth-order valence-electron chi connectivity index (χ4n) is 1.73. The van der Waals surface area contributed by atoms with E-state index >= 15 is 0 Å². The number of hydrogen-bond donors (Lipinski definition) is 0. The Kier molecular flexibility index (Phi) is 3.02. The van der Waals surface area contributed by atoms with Crippen LogP contribution in [0.5, 0.6) is 0 Å². The van der Waals surface area contributed by atoms with Crippen LogP contribution in [0.2, 0.25) is 10.0 Å². The lowest BCUT2D eigenvalue weighted by Gasteiger charge is -2.24. The number of fused-ring (bicyclic) bond motifs is 1. The third kappa shape index (κ3) is 1.49. The van der Waals surface area contributed by atoms with Gasteiger partial charge in [-0.05, 0) is 0 Å². The molecule has 0 spiro atoms. The largest absolute Gasteiger partial charge is 0.365 e. The predicted octanol–water partition coefficient (Wildman–Crippen LogP) is 5.37. The van der Waals surface area contributed by atoms with Gasteiger partial charge in [-0.25, -0.2) is 13.2 Å². The van der Waals surface area contributed by atoms with E-state index in [0.717, 1.165) is 0 Å². The van der Waals surface area contributed by atoms with Gasteiger partial charge < -0.3 is 0 Å². The molecule has 0 saturated heterocycles. The van der Waals surface area contributed by atoms with E-state index in [9.17, 15) is 30.7 Å². The molecular formula is C9Cl3F7. The fraction of sp³-hybridized carbons (Fsp3) is 0.333. The highest BCUT2D eigenvalue weighted by molar-refractivity contribution is 6.42. The van der Waals surface area contributed by atoms with Crippen molar-refractivity contribution in [2.24, 2.45) is 0 Å². The molecule has 19 heavy (non-hydrogen) atoms. The van der Waals surface area contributed by atoms with Crippen LogP contribution in [0.3, 0.4) is 0 Å². The molecule has 0 radical (unpaired) electrons. The van der Waals surface area contributed by atoms with Crippen molar-refractivity contribution in [3.8, 4) is 0 Å². The minimum Gasteiger partial charge on any atom is -0.214 e. The summed E-state index contributed by atoms with van der Waals surface area (Å²) in [6, 6.07) is 0. The Morgan fingerprint density at radius 2 is 1.11 bits per heavy atom. The zero-order chi connectivity index (χ0) is 15.0. The molecular weight excluding hydrogens is 347 g/mol. The van der Waals surface area contributed by atoms with E-state index < -0.39 is 49.8 Å². The predicted molar refractivity (Wildman–Crippen MR) is 53.9 cm³/mol. The standard InChI is InChI=1S/C9Cl3F7/c10-3-4(11)6(14)2-1(5(3)13)7(12,15)9(18,19)8(2,16)17. The van der Waals surface area contributed by atoms with E-state index in [-0.39, 0.29) is 0 Å². The van der Waals surface area contributed by atoms with Crippen molar-refractivity contribution >= 4 is 34.8 Å². The maximum atomic E-state index is 13.7. The van der Waals surface area contributed by atoms with Crippen molar-refractivity contribution in [2.45, 2.75) is 17.0 Å². The quantitative estimate of drug-likeness (QED) is 0.256. The molecule has 0 N–H and O–H groups in total. The van der Waals surface area contributed by atoms with E-state index in [1.807, 2.05) is 0 Å². The van der Waals surface area contributed by atoms with Crippen molar-refractivity contribution in [1.82, 2.24) is 0 Å². The summed E-state index contributed by atoms with van der Waals surface area (Å²) < 4.78 is 94.0. The highest BCUT2D eigenvalue weighted by Crippen LogP contribution is 2.66. The second-order valence-corrected chi connectivity index (χ2v) is 5.01. The van der Waals surface area contributed by atoms with Gasteiger partial charge in [-0.2, -0.15) is 17.6 Å². The summed E-state index contributed by atoms with van der Waals surface area (Å²) in [6.07, 6.45) is 0. The van der Waals surface area contributed by atoms with Crippen LogP contribution in [-0.4, -0.2) is 5.92 Å². The minimum atomic E-state index is -5.57. The van der Waals surface area contributed by atoms with Crippen molar-refractivity contribution in [1.29, 1.82) is 0 Å². The van der Waals surface area contributed by atoms with E-state index in [0.29, 0.717) is 0 Å². The van der Waals surface area contributed by atoms with Crippen LogP contribution in [0.1, 0.15) is 11.1 Å². The molecule has 0 aromatic heterocycles. The first-order valence-electron chi connectivity index (χ1n) is 4.39. The summed E-state index contributed by atoms with van der Waals surface area (Å²) in [7, 11) is 0. The number of benzene rings is 1. The van der Waals surface area contributed by atoms with Crippen LogP contribution in [0, 0.1) is 11.6 Å². The molecule has 1 aromatic carbocycles. The molecule has 1 aliphatic carbocycles.